The Morgan fingerprint density at radius 2 is 2.12 bits per heavy atom. The van der Waals surface area contributed by atoms with Gasteiger partial charge < -0.3 is 4.74 Å². The number of ether oxygens (including phenoxy) is 1. The second kappa shape index (κ2) is 6.66. The van der Waals surface area contributed by atoms with Crippen LogP contribution in [0, 0.1) is 12.3 Å². The lowest BCUT2D eigenvalue weighted by molar-refractivity contribution is -0.144. The van der Waals surface area contributed by atoms with Crippen LogP contribution in [0.4, 0.5) is 0 Å². The predicted molar refractivity (Wildman–Crippen MR) is 64.9 cm³/mol. The van der Waals surface area contributed by atoms with E-state index < -0.39 is 27.7 Å². The molecule has 0 spiro atoms. The molecular formula is C11H19NO3S. The lowest BCUT2D eigenvalue weighted by Crippen LogP contribution is -2.44. The molecule has 0 bridgehead atoms. The van der Waals surface area contributed by atoms with Crippen LogP contribution in [0.2, 0.25) is 0 Å². The lowest BCUT2D eigenvalue weighted by Gasteiger charge is -2.22. The summed E-state index contributed by atoms with van der Waals surface area (Å²) in [5, 5.41) is 0. The number of esters is 1. The van der Waals surface area contributed by atoms with Crippen molar-refractivity contribution in [3.8, 4) is 12.3 Å². The van der Waals surface area contributed by atoms with Gasteiger partial charge in [-0.3, -0.25) is 4.79 Å². The van der Waals surface area contributed by atoms with Crippen LogP contribution in [-0.2, 0) is 20.5 Å². The Labute approximate surface area is 99.7 Å². The highest BCUT2D eigenvalue weighted by Gasteiger charge is 2.26. The molecule has 0 aliphatic carbocycles. The van der Waals surface area contributed by atoms with Gasteiger partial charge in [-0.1, -0.05) is 0 Å². The monoisotopic (exact) mass is 245 g/mol. The summed E-state index contributed by atoms with van der Waals surface area (Å²) in [5.41, 5.74) is 0. The van der Waals surface area contributed by atoms with E-state index in [1.54, 1.807) is 6.92 Å². The number of rotatable bonds is 5. The summed E-state index contributed by atoms with van der Waals surface area (Å²) in [6, 6.07) is -0.704. The summed E-state index contributed by atoms with van der Waals surface area (Å²) < 4.78 is 18.9. The first-order chi connectivity index (χ1) is 7.32. The SMILES string of the molecule is C#CC[C@H](N[S@@](=O)C(C)(C)C)C(=O)OCC. The zero-order valence-electron chi connectivity index (χ0n) is 10.2. The van der Waals surface area contributed by atoms with Gasteiger partial charge in [0.2, 0.25) is 0 Å². The first-order valence-electron chi connectivity index (χ1n) is 5.11. The van der Waals surface area contributed by atoms with Crippen LogP contribution < -0.4 is 4.72 Å². The normalized spacial score (nSPS) is 14.9. The molecular weight excluding hydrogens is 226 g/mol. The van der Waals surface area contributed by atoms with Gasteiger partial charge in [0, 0.05) is 6.42 Å². The van der Waals surface area contributed by atoms with Gasteiger partial charge in [-0.15, -0.1) is 12.3 Å². The second-order valence-corrected chi connectivity index (χ2v) is 6.21. The van der Waals surface area contributed by atoms with E-state index in [1.165, 1.54) is 0 Å². The van der Waals surface area contributed by atoms with E-state index in [0.717, 1.165) is 0 Å². The number of terminal acetylenes is 1. The summed E-state index contributed by atoms with van der Waals surface area (Å²) in [5.74, 6) is 1.91. The van der Waals surface area contributed by atoms with Crippen LogP contribution in [0.1, 0.15) is 34.1 Å². The molecule has 4 nitrogen and oxygen atoms in total. The predicted octanol–water partition coefficient (Wildman–Crippen LogP) is 0.993. The van der Waals surface area contributed by atoms with Crippen molar-refractivity contribution in [2.24, 2.45) is 0 Å². The Kier molecular flexibility index (Phi) is 6.31. The van der Waals surface area contributed by atoms with Crippen LogP contribution in [0.5, 0.6) is 0 Å². The molecule has 0 heterocycles. The van der Waals surface area contributed by atoms with Crippen molar-refractivity contribution in [3.63, 3.8) is 0 Å². The van der Waals surface area contributed by atoms with E-state index in [0.29, 0.717) is 0 Å². The van der Waals surface area contributed by atoms with E-state index in [2.05, 4.69) is 10.6 Å². The van der Waals surface area contributed by atoms with Crippen LogP contribution in [0.25, 0.3) is 0 Å². The molecule has 16 heavy (non-hydrogen) atoms. The fraction of sp³-hybridized carbons (Fsp3) is 0.727. The standard InChI is InChI=1S/C11H19NO3S/c1-6-8-9(10(13)15-7-2)12-16(14)11(3,4)5/h1,9,12H,7-8H2,2-5H3/t9-,16-/m0/s1. The molecule has 0 saturated carbocycles. The Balaban J connectivity index is 4.52. The molecule has 92 valence electrons. The lowest BCUT2D eigenvalue weighted by atomic mass is 10.2. The van der Waals surface area contributed by atoms with E-state index in [4.69, 9.17) is 11.2 Å². The van der Waals surface area contributed by atoms with E-state index in [9.17, 15) is 9.00 Å². The van der Waals surface area contributed by atoms with Crippen molar-refractivity contribution >= 4 is 17.0 Å². The maximum absolute atomic E-state index is 11.8. The zero-order chi connectivity index (χ0) is 12.8. The van der Waals surface area contributed by atoms with Gasteiger partial charge in [0.25, 0.3) is 0 Å². The highest BCUT2D eigenvalue weighted by atomic mass is 32.2. The maximum atomic E-state index is 11.8. The molecule has 0 unspecified atom stereocenters. The molecule has 0 aromatic heterocycles. The molecule has 5 heteroatoms. The molecule has 0 aromatic carbocycles. The second-order valence-electron chi connectivity index (χ2n) is 4.21. The molecule has 0 aliphatic heterocycles. The smallest absolute Gasteiger partial charge is 0.325 e. The van der Waals surface area contributed by atoms with Crippen molar-refractivity contribution in [3.05, 3.63) is 0 Å². The largest absolute Gasteiger partial charge is 0.465 e. The molecule has 0 fully saturated rings. The average Bonchev–Trinajstić information content (AvgIpc) is 2.15. The number of carbonyl (C=O) groups excluding carboxylic acids is 1. The third-order valence-electron chi connectivity index (χ3n) is 1.70. The van der Waals surface area contributed by atoms with Gasteiger partial charge in [-0.2, -0.15) is 0 Å². The first kappa shape index (κ1) is 15.1. The highest BCUT2D eigenvalue weighted by Crippen LogP contribution is 2.10. The van der Waals surface area contributed by atoms with Gasteiger partial charge in [-0.25, -0.2) is 8.93 Å². The van der Waals surface area contributed by atoms with Gasteiger partial charge >= 0.3 is 5.97 Å². The van der Waals surface area contributed by atoms with Crippen LogP contribution in [0.15, 0.2) is 0 Å². The summed E-state index contributed by atoms with van der Waals surface area (Å²) in [6.45, 7) is 7.44. The molecule has 0 radical (unpaired) electrons. The third kappa shape index (κ3) is 5.29. The van der Waals surface area contributed by atoms with Crippen molar-refractivity contribution < 1.29 is 13.7 Å². The van der Waals surface area contributed by atoms with Crippen LogP contribution >= 0.6 is 0 Å². The molecule has 0 aromatic rings. The molecule has 0 aliphatic rings. The van der Waals surface area contributed by atoms with E-state index in [1.807, 2.05) is 20.8 Å². The summed E-state index contributed by atoms with van der Waals surface area (Å²) in [7, 11) is -1.34. The maximum Gasteiger partial charge on any atom is 0.325 e. The van der Waals surface area contributed by atoms with E-state index in [-0.39, 0.29) is 13.0 Å². The molecule has 0 saturated heterocycles. The summed E-state index contributed by atoms with van der Waals surface area (Å²) in [6.07, 6.45) is 5.32. The quantitative estimate of drug-likeness (QED) is 0.580. The Morgan fingerprint density at radius 3 is 2.50 bits per heavy atom. The molecule has 2 atom stereocenters. The van der Waals surface area contributed by atoms with Crippen molar-refractivity contribution in [2.75, 3.05) is 6.61 Å². The fourth-order valence-electron chi connectivity index (χ4n) is 0.840. The summed E-state index contributed by atoms with van der Waals surface area (Å²) in [4.78, 5) is 11.5. The zero-order valence-corrected chi connectivity index (χ0v) is 11.0. The molecule has 0 amide bonds. The minimum atomic E-state index is -1.34. The minimum absolute atomic E-state index is 0.167. The average molecular weight is 245 g/mol. The van der Waals surface area contributed by atoms with Gasteiger partial charge in [0.05, 0.1) is 22.3 Å². The Morgan fingerprint density at radius 1 is 1.56 bits per heavy atom. The molecule has 0 rings (SSSR count). The van der Waals surface area contributed by atoms with E-state index >= 15 is 0 Å². The Hall–Kier alpha value is -0.860. The third-order valence-corrected chi connectivity index (χ3v) is 3.31. The van der Waals surface area contributed by atoms with Gasteiger partial charge in [-0.05, 0) is 27.7 Å². The number of carbonyl (C=O) groups is 1. The first-order valence-corrected chi connectivity index (χ1v) is 6.26. The minimum Gasteiger partial charge on any atom is -0.465 e. The van der Waals surface area contributed by atoms with Gasteiger partial charge in [0.15, 0.2) is 0 Å². The highest BCUT2D eigenvalue weighted by molar-refractivity contribution is 7.84. The van der Waals surface area contributed by atoms with Crippen LogP contribution in [0.3, 0.4) is 0 Å². The Bertz CT molecular complexity index is 301. The summed E-state index contributed by atoms with van der Waals surface area (Å²) >= 11 is 0. The number of nitrogens with one attached hydrogen (secondary N) is 1. The number of hydrogen-bond acceptors (Lipinski definition) is 3. The molecule has 1 N–H and O–H groups in total. The fourth-order valence-corrected chi connectivity index (χ4v) is 1.63. The van der Waals surface area contributed by atoms with Gasteiger partial charge in [0.1, 0.15) is 6.04 Å². The number of hydrogen-bond donors (Lipinski definition) is 1. The van der Waals surface area contributed by atoms with Crippen molar-refractivity contribution in [1.29, 1.82) is 0 Å². The topological polar surface area (TPSA) is 55.4 Å². The van der Waals surface area contributed by atoms with Crippen molar-refractivity contribution in [2.45, 2.75) is 44.9 Å². The van der Waals surface area contributed by atoms with Crippen molar-refractivity contribution in [1.82, 2.24) is 4.72 Å². The van der Waals surface area contributed by atoms with Crippen LogP contribution in [-0.4, -0.2) is 27.6 Å².